The molecule has 0 bridgehead atoms. The molecule has 1 aliphatic heterocycles. The van der Waals surface area contributed by atoms with Gasteiger partial charge in [-0.2, -0.15) is 0 Å². The van der Waals surface area contributed by atoms with Gasteiger partial charge in [0.25, 0.3) is 0 Å². The summed E-state index contributed by atoms with van der Waals surface area (Å²) in [5.74, 6) is 1.99. The standard InChI is InChI=1S/C20H27N5O2S/c1-13-12-28-20(21-13)16-4-3-9-25(10-16)14(2)19(26)22-17-7-8-18(24-23-17)27-11-15-5-6-15/h7-8,12,14-16H,3-6,9-11H2,1-2H3,(H,22,23,26)/t14-,16?/m0/s1. The van der Waals surface area contributed by atoms with Gasteiger partial charge in [-0.05, 0) is 58.1 Å². The molecule has 4 rings (SSSR count). The molecule has 2 aromatic heterocycles. The zero-order valence-corrected chi connectivity index (χ0v) is 17.2. The summed E-state index contributed by atoms with van der Waals surface area (Å²) in [4.78, 5) is 19.6. The fraction of sp³-hybridized carbons (Fsp3) is 0.600. The van der Waals surface area contributed by atoms with Crippen molar-refractivity contribution in [2.24, 2.45) is 5.92 Å². The maximum Gasteiger partial charge on any atom is 0.242 e. The first-order valence-corrected chi connectivity index (χ1v) is 10.9. The lowest BCUT2D eigenvalue weighted by molar-refractivity contribution is -0.121. The molecule has 1 N–H and O–H groups in total. The number of nitrogens with zero attached hydrogens (tertiary/aromatic N) is 4. The molecule has 8 heteroatoms. The van der Waals surface area contributed by atoms with Gasteiger partial charge in [0.05, 0.1) is 17.7 Å². The lowest BCUT2D eigenvalue weighted by atomic mass is 9.97. The highest BCUT2D eigenvalue weighted by atomic mass is 32.1. The highest BCUT2D eigenvalue weighted by Crippen LogP contribution is 2.30. The molecular formula is C20H27N5O2S. The fourth-order valence-corrected chi connectivity index (χ4v) is 4.39. The van der Waals surface area contributed by atoms with Crippen molar-refractivity contribution in [3.8, 4) is 5.88 Å². The van der Waals surface area contributed by atoms with Gasteiger partial charge >= 0.3 is 0 Å². The van der Waals surface area contributed by atoms with Gasteiger partial charge < -0.3 is 10.1 Å². The van der Waals surface area contributed by atoms with Crippen LogP contribution in [0.15, 0.2) is 17.5 Å². The van der Waals surface area contributed by atoms with Gasteiger partial charge in [-0.1, -0.05) is 0 Å². The van der Waals surface area contributed by atoms with Crippen molar-refractivity contribution < 1.29 is 9.53 Å². The van der Waals surface area contributed by atoms with Crippen LogP contribution < -0.4 is 10.1 Å². The second-order valence-corrected chi connectivity index (χ2v) is 8.73. The number of anilines is 1. The van der Waals surface area contributed by atoms with Crippen LogP contribution in [0.5, 0.6) is 5.88 Å². The third kappa shape index (κ3) is 4.86. The first kappa shape index (κ1) is 19.3. The number of ether oxygens (including phenoxy) is 1. The van der Waals surface area contributed by atoms with Crippen LogP contribution in [0.2, 0.25) is 0 Å². The molecule has 0 spiro atoms. The number of nitrogens with one attached hydrogen (secondary N) is 1. The second-order valence-electron chi connectivity index (χ2n) is 7.84. The van der Waals surface area contributed by atoms with Gasteiger partial charge in [0.2, 0.25) is 11.8 Å². The Hall–Kier alpha value is -2.06. The van der Waals surface area contributed by atoms with Gasteiger partial charge in [0.15, 0.2) is 5.82 Å². The van der Waals surface area contributed by atoms with E-state index in [0.29, 0.717) is 30.1 Å². The van der Waals surface area contributed by atoms with E-state index in [9.17, 15) is 4.79 Å². The lowest BCUT2D eigenvalue weighted by Crippen LogP contribution is -2.46. The van der Waals surface area contributed by atoms with E-state index in [2.05, 4.69) is 30.8 Å². The van der Waals surface area contributed by atoms with Gasteiger partial charge in [-0.15, -0.1) is 21.5 Å². The Morgan fingerprint density at radius 3 is 2.89 bits per heavy atom. The molecule has 28 heavy (non-hydrogen) atoms. The van der Waals surface area contributed by atoms with Crippen molar-refractivity contribution >= 4 is 23.1 Å². The Labute approximate surface area is 169 Å². The van der Waals surface area contributed by atoms with Crippen molar-refractivity contribution in [2.75, 3.05) is 25.0 Å². The molecule has 150 valence electrons. The number of amides is 1. The number of hydrogen-bond acceptors (Lipinski definition) is 7. The van der Waals surface area contributed by atoms with Crippen LogP contribution in [0.3, 0.4) is 0 Å². The van der Waals surface area contributed by atoms with Crippen LogP contribution in [-0.2, 0) is 4.79 Å². The Balaban J connectivity index is 1.30. The van der Waals surface area contributed by atoms with Crippen LogP contribution in [0.25, 0.3) is 0 Å². The van der Waals surface area contributed by atoms with Crippen LogP contribution in [0.1, 0.15) is 49.2 Å². The number of aryl methyl sites for hydroxylation is 1. The predicted molar refractivity (Wildman–Crippen MR) is 109 cm³/mol. The van der Waals surface area contributed by atoms with E-state index in [4.69, 9.17) is 4.74 Å². The number of likely N-dealkylation sites (tertiary alicyclic amines) is 1. The third-order valence-corrected chi connectivity index (χ3v) is 6.55. The average Bonchev–Trinajstić information content (AvgIpc) is 3.45. The number of piperidine rings is 1. The monoisotopic (exact) mass is 401 g/mol. The summed E-state index contributed by atoms with van der Waals surface area (Å²) in [6, 6.07) is 3.28. The van der Waals surface area contributed by atoms with E-state index in [1.165, 1.54) is 17.8 Å². The molecule has 2 aliphatic rings. The van der Waals surface area contributed by atoms with E-state index in [0.717, 1.165) is 31.6 Å². The molecule has 3 heterocycles. The molecule has 2 fully saturated rings. The normalized spacial score (nSPS) is 21.3. The van der Waals surface area contributed by atoms with Crippen molar-refractivity contribution in [2.45, 2.75) is 51.5 Å². The number of rotatable bonds is 7. The summed E-state index contributed by atoms with van der Waals surface area (Å²) in [6.07, 6.45) is 4.68. The summed E-state index contributed by atoms with van der Waals surface area (Å²) in [5.41, 5.74) is 1.08. The average molecular weight is 402 g/mol. The largest absolute Gasteiger partial charge is 0.476 e. The summed E-state index contributed by atoms with van der Waals surface area (Å²) in [5, 5.41) is 14.3. The van der Waals surface area contributed by atoms with Crippen LogP contribution in [0, 0.1) is 12.8 Å². The highest BCUT2D eigenvalue weighted by Gasteiger charge is 2.29. The Bertz CT molecular complexity index is 805. The molecule has 0 radical (unpaired) electrons. The number of carbonyl (C=O) groups is 1. The molecule has 1 amide bonds. The molecule has 1 aliphatic carbocycles. The van der Waals surface area contributed by atoms with E-state index < -0.39 is 0 Å². The molecule has 1 saturated carbocycles. The van der Waals surface area contributed by atoms with Gasteiger partial charge in [0, 0.05) is 29.6 Å². The Morgan fingerprint density at radius 1 is 1.36 bits per heavy atom. The number of hydrogen-bond donors (Lipinski definition) is 1. The number of carbonyl (C=O) groups excluding carboxylic acids is 1. The summed E-state index contributed by atoms with van der Waals surface area (Å²) < 4.78 is 5.59. The molecular weight excluding hydrogens is 374 g/mol. The fourth-order valence-electron chi connectivity index (χ4n) is 3.47. The Kier molecular flexibility index (Phi) is 5.87. The third-order valence-electron chi connectivity index (χ3n) is 5.42. The number of thiazole rings is 1. The lowest BCUT2D eigenvalue weighted by Gasteiger charge is -2.35. The van der Waals surface area contributed by atoms with Crippen LogP contribution >= 0.6 is 11.3 Å². The second kappa shape index (κ2) is 8.53. The molecule has 7 nitrogen and oxygen atoms in total. The van der Waals surface area contributed by atoms with Crippen LogP contribution in [0.4, 0.5) is 5.82 Å². The maximum atomic E-state index is 12.7. The van der Waals surface area contributed by atoms with E-state index in [1.54, 1.807) is 23.5 Å². The minimum absolute atomic E-state index is 0.0584. The predicted octanol–water partition coefficient (Wildman–Crippen LogP) is 3.24. The van der Waals surface area contributed by atoms with Crippen molar-refractivity contribution in [3.05, 3.63) is 28.2 Å². The molecule has 1 unspecified atom stereocenters. The first-order valence-electron chi connectivity index (χ1n) is 10.0. The van der Waals surface area contributed by atoms with E-state index in [1.807, 2.05) is 13.8 Å². The molecule has 1 saturated heterocycles. The summed E-state index contributed by atoms with van der Waals surface area (Å²) in [6.45, 7) is 6.47. The molecule has 2 aromatic rings. The summed E-state index contributed by atoms with van der Waals surface area (Å²) in [7, 11) is 0. The highest BCUT2D eigenvalue weighted by molar-refractivity contribution is 7.09. The quantitative estimate of drug-likeness (QED) is 0.767. The van der Waals surface area contributed by atoms with Crippen LogP contribution in [-0.4, -0.2) is 51.7 Å². The maximum absolute atomic E-state index is 12.7. The number of aromatic nitrogens is 3. The van der Waals surface area contributed by atoms with Crippen molar-refractivity contribution in [1.29, 1.82) is 0 Å². The van der Waals surface area contributed by atoms with E-state index in [-0.39, 0.29) is 11.9 Å². The van der Waals surface area contributed by atoms with E-state index >= 15 is 0 Å². The van der Waals surface area contributed by atoms with Crippen molar-refractivity contribution in [1.82, 2.24) is 20.1 Å². The minimum Gasteiger partial charge on any atom is -0.476 e. The van der Waals surface area contributed by atoms with Gasteiger partial charge in [-0.25, -0.2) is 4.98 Å². The topological polar surface area (TPSA) is 80.2 Å². The smallest absolute Gasteiger partial charge is 0.242 e. The van der Waals surface area contributed by atoms with Crippen molar-refractivity contribution in [3.63, 3.8) is 0 Å². The van der Waals surface area contributed by atoms with Gasteiger partial charge in [-0.3, -0.25) is 9.69 Å². The van der Waals surface area contributed by atoms with Gasteiger partial charge in [0.1, 0.15) is 0 Å². The molecule has 0 aromatic carbocycles. The summed E-state index contributed by atoms with van der Waals surface area (Å²) >= 11 is 1.72. The Morgan fingerprint density at radius 2 is 2.21 bits per heavy atom. The first-order chi connectivity index (χ1) is 13.6. The zero-order chi connectivity index (χ0) is 19.5. The zero-order valence-electron chi connectivity index (χ0n) is 16.4. The minimum atomic E-state index is -0.226. The molecule has 2 atom stereocenters. The SMILES string of the molecule is Cc1csc(C2CCCN([C@@H](C)C(=O)Nc3ccc(OCC4CC4)nn3)C2)n1.